The molecular formula is C16H14ClNO4. The second-order valence-electron chi connectivity index (χ2n) is 4.32. The van der Waals surface area contributed by atoms with Crippen molar-refractivity contribution in [3.8, 4) is 5.75 Å². The van der Waals surface area contributed by atoms with E-state index in [0.29, 0.717) is 16.5 Å². The molecule has 0 radical (unpaired) electrons. The fourth-order valence-corrected chi connectivity index (χ4v) is 1.70. The monoisotopic (exact) mass is 319 g/mol. The smallest absolute Gasteiger partial charge is 0.344 e. The average Bonchev–Trinajstić information content (AvgIpc) is 2.54. The van der Waals surface area contributed by atoms with E-state index in [1.807, 2.05) is 6.07 Å². The number of nitrogens with one attached hydrogen (secondary N) is 1. The molecule has 0 bridgehead atoms. The second-order valence-corrected chi connectivity index (χ2v) is 4.75. The van der Waals surface area contributed by atoms with E-state index in [9.17, 15) is 9.59 Å². The highest BCUT2D eigenvalue weighted by Gasteiger charge is 2.08. The molecule has 2 aromatic carbocycles. The highest BCUT2D eigenvalue weighted by atomic mass is 35.5. The van der Waals surface area contributed by atoms with Gasteiger partial charge in [0.25, 0.3) is 5.91 Å². The molecule has 2 rings (SSSR count). The summed E-state index contributed by atoms with van der Waals surface area (Å²) in [6.45, 7) is -0.627. The van der Waals surface area contributed by atoms with Crippen LogP contribution in [0.2, 0.25) is 5.02 Å². The van der Waals surface area contributed by atoms with Gasteiger partial charge in [0.05, 0.1) is 0 Å². The van der Waals surface area contributed by atoms with Crippen molar-refractivity contribution in [3.63, 3.8) is 0 Å². The molecule has 0 aromatic heterocycles. The molecule has 5 nitrogen and oxygen atoms in total. The van der Waals surface area contributed by atoms with Crippen molar-refractivity contribution >= 4 is 29.2 Å². The van der Waals surface area contributed by atoms with Gasteiger partial charge in [-0.15, -0.1) is 0 Å². The summed E-state index contributed by atoms with van der Waals surface area (Å²) in [7, 11) is 0. The number of ether oxygens (including phenoxy) is 2. The normalized spacial score (nSPS) is 9.86. The molecule has 0 fully saturated rings. The first-order chi connectivity index (χ1) is 10.6. The van der Waals surface area contributed by atoms with Gasteiger partial charge in [-0.25, -0.2) is 4.79 Å². The number of benzene rings is 2. The summed E-state index contributed by atoms with van der Waals surface area (Å²) in [6, 6.07) is 15.5. The minimum Gasteiger partial charge on any atom is -0.482 e. The van der Waals surface area contributed by atoms with E-state index in [0.717, 1.165) is 0 Å². The van der Waals surface area contributed by atoms with Crippen molar-refractivity contribution in [2.75, 3.05) is 18.5 Å². The third-order valence-electron chi connectivity index (χ3n) is 2.59. The largest absolute Gasteiger partial charge is 0.482 e. The maximum Gasteiger partial charge on any atom is 0.344 e. The summed E-state index contributed by atoms with van der Waals surface area (Å²) in [4.78, 5) is 23.1. The summed E-state index contributed by atoms with van der Waals surface area (Å²) < 4.78 is 10.0. The van der Waals surface area contributed by atoms with E-state index in [1.165, 1.54) is 0 Å². The van der Waals surface area contributed by atoms with Crippen molar-refractivity contribution in [1.29, 1.82) is 0 Å². The van der Waals surface area contributed by atoms with Crippen molar-refractivity contribution in [1.82, 2.24) is 0 Å². The Morgan fingerprint density at radius 2 is 1.64 bits per heavy atom. The number of esters is 1. The first-order valence-corrected chi connectivity index (χ1v) is 6.90. The Morgan fingerprint density at radius 1 is 0.955 bits per heavy atom. The number of anilines is 1. The van der Waals surface area contributed by atoms with Crippen LogP contribution in [-0.2, 0) is 14.3 Å². The van der Waals surface area contributed by atoms with Crippen molar-refractivity contribution in [3.05, 3.63) is 59.6 Å². The van der Waals surface area contributed by atoms with Gasteiger partial charge in [0.1, 0.15) is 5.75 Å². The second kappa shape index (κ2) is 8.05. The van der Waals surface area contributed by atoms with E-state index in [4.69, 9.17) is 21.1 Å². The average molecular weight is 320 g/mol. The van der Waals surface area contributed by atoms with Crippen LogP contribution in [0, 0.1) is 0 Å². The number of amides is 1. The van der Waals surface area contributed by atoms with Crippen LogP contribution in [0.5, 0.6) is 5.75 Å². The van der Waals surface area contributed by atoms with Crippen LogP contribution < -0.4 is 10.1 Å². The molecule has 1 N–H and O–H groups in total. The maximum atomic E-state index is 11.6. The number of hydrogen-bond acceptors (Lipinski definition) is 4. The van der Waals surface area contributed by atoms with Gasteiger partial charge in [0, 0.05) is 10.7 Å². The number of carbonyl (C=O) groups excluding carboxylic acids is 2. The van der Waals surface area contributed by atoms with Crippen LogP contribution >= 0.6 is 11.6 Å². The van der Waals surface area contributed by atoms with E-state index in [1.54, 1.807) is 48.5 Å². The van der Waals surface area contributed by atoms with Crippen molar-refractivity contribution in [2.45, 2.75) is 0 Å². The van der Waals surface area contributed by atoms with Gasteiger partial charge in [-0.2, -0.15) is 0 Å². The van der Waals surface area contributed by atoms with Gasteiger partial charge in [-0.05, 0) is 36.4 Å². The molecule has 0 aliphatic heterocycles. The summed E-state index contributed by atoms with van der Waals surface area (Å²) in [5, 5.41) is 3.15. The Labute approximate surface area is 132 Å². The fourth-order valence-electron chi connectivity index (χ4n) is 1.58. The molecule has 0 aliphatic rings. The van der Waals surface area contributed by atoms with Crippen LogP contribution in [0.4, 0.5) is 5.69 Å². The first-order valence-electron chi connectivity index (χ1n) is 6.52. The SMILES string of the molecule is O=C(COC(=O)COc1ccccc1)Nc1ccc(Cl)cc1. The Morgan fingerprint density at radius 3 is 2.32 bits per heavy atom. The number of hydrogen-bond donors (Lipinski definition) is 1. The molecule has 0 atom stereocenters. The molecule has 114 valence electrons. The molecule has 0 aliphatic carbocycles. The van der Waals surface area contributed by atoms with Gasteiger partial charge in [0.2, 0.25) is 0 Å². The summed E-state index contributed by atoms with van der Waals surface area (Å²) in [5.41, 5.74) is 0.575. The summed E-state index contributed by atoms with van der Waals surface area (Å²) in [5.74, 6) is -0.490. The van der Waals surface area contributed by atoms with Gasteiger partial charge in [0.15, 0.2) is 13.2 Å². The minimum atomic E-state index is -0.616. The lowest BCUT2D eigenvalue weighted by atomic mass is 10.3. The molecule has 0 saturated carbocycles. The molecule has 2 aromatic rings. The lowest BCUT2D eigenvalue weighted by molar-refractivity contribution is -0.149. The van der Waals surface area contributed by atoms with E-state index in [2.05, 4.69) is 5.32 Å². The Kier molecular flexibility index (Phi) is 5.80. The molecule has 6 heteroatoms. The van der Waals surface area contributed by atoms with Crippen molar-refractivity contribution < 1.29 is 19.1 Å². The number of para-hydroxylation sites is 1. The molecule has 0 unspecified atom stereocenters. The van der Waals surface area contributed by atoms with Crippen molar-refractivity contribution in [2.24, 2.45) is 0 Å². The van der Waals surface area contributed by atoms with E-state index in [-0.39, 0.29) is 13.2 Å². The molecule has 22 heavy (non-hydrogen) atoms. The zero-order valence-corrected chi connectivity index (χ0v) is 12.4. The van der Waals surface area contributed by atoms with Crippen LogP contribution in [0.25, 0.3) is 0 Å². The third-order valence-corrected chi connectivity index (χ3v) is 2.84. The predicted octanol–water partition coefficient (Wildman–Crippen LogP) is 2.90. The lowest BCUT2D eigenvalue weighted by Gasteiger charge is -2.08. The fraction of sp³-hybridized carbons (Fsp3) is 0.125. The zero-order chi connectivity index (χ0) is 15.8. The Bertz CT molecular complexity index is 628. The number of halogens is 1. The molecular weight excluding hydrogens is 306 g/mol. The highest BCUT2D eigenvalue weighted by Crippen LogP contribution is 2.13. The van der Waals surface area contributed by atoms with Gasteiger partial charge in [-0.3, -0.25) is 4.79 Å². The molecule has 0 spiro atoms. The first kappa shape index (κ1) is 15.9. The molecule has 0 heterocycles. The zero-order valence-electron chi connectivity index (χ0n) is 11.6. The number of carbonyl (C=O) groups is 2. The summed E-state index contributed by atoms with van der Waals surface area (Å²) >= 11 is 5.74. The quantitative estimate of drug-likeness (QED) is 0.831. The van der Waals surface area contributed by atoms with E-state index >= 15 is 0 Å². The predicted molar refractivity (Wildman–Crippen MR) is 83.0 cm³/mol. The van der Waals surface area contributed by atoms with E-state index < -0.39 is 11.9 Å². The van der Waals surface area contributed by atoms with Crippen LogP contribution in [0.15, 0.2) is 54.6 Å². The summed E-state index contributed by atoms with van der Waals surface area (Å²) in [6.07, 6.45) is 0. The third kappa shape index (κ3) is 5.46. The van der Waals surface area contributed by atoms with Crippen LogP contribution in [0.3, 0.4) is 0 Å². The molecule has 0 saturated heterocycles. The Balaban J connectivity index is 1.69. The Hall–Kier alpha value is -2.53. The standard InChI is InChI=1S/C16H14ClNO4/c17-12-6-8-13(9-7-12)18-15(19)10-22-16(20)11-21-14-4-2-1-3-5-14/h1-9H,10-11H2,(H,18,19). The topological polar surface area (TPSA) is 64.6 Å². The number of rotatable bonds is 6. The van der Waals surface area contributed by atoms with Gasteiger partial charge in [-0.1, -0.05) is 29.8 Å². The highest BCUT2D eigenvalue weighted by molar-refractivity contribution is 6.30. The lowest BCUT2D eigenvalue weighted by Crippen LogP contribution is -2.23. The van der Waals surface area contributed by atoms with Gasteiger partial charge < -0.3 is 14.8 Å². The molecule has 1 amide bonds. The van der Waals surface area contributed by atoms with Crippen LogP contribution in [0.1, 0.15) is 0 Å². The minimum absolute atomic E-state index is 0.252. The van der Waals surface area contributed by atoms with Crippen LogP contribution in [-0.4, -0.2) is 25.1 Å². The van der Waals surface area contributed by atoms with Gasteiger partial charge >= 0.3 is 5.97 Å². The maximum absolute atomic E-state index is 11.6.